The number of hydrogen-bond donors (Lipinski definition) is 2. The van der Waals surface area contributed by atoms with Gasteiger partial charge in [0.15, 0.2) is 0 Å². The number of likely N-dealkylation sites (tertiary alicyclic amines) is 1. The molecule has 1 amide bonds. The number of piperidine rings is 1. The average molecular weight is 555 g/mol. The van der Waals surface area contributed by atoms with Crippen molar-refractivity contribution in [3.63, 3.8) is 0 Å². The van der Waals surface area contributed by atoms with E-state index in [0.717, 1.165) is 17.7 Å². The summed E-state index contributed by atoms with van der Waals surface area (Å²) in [5.41, 5.74) is 4.94. The first-order chi connectivity index (χ1) is 17.9. The Morgan fingerprint density at radius 2 is 1.71 bits per heavy atom. The Balaban J connectivity index is 1.68. The number of carbonyl (C=O) groups is 3. The molecule has 206 valence electrons. The molecule has 0 aliphatic carbocycles. The van der Waals surface area contributed by atoms with Crippen LogP contribution in [0.25, 0.3) is 0 Å². The maximum atomic E-state index is 13.5. The molecule has 2 aromatic rings. The van der Waals surface area contributed by atoms with Crippen LogP contribution in [0.3, 0.4) is 0 Å². The van der Waals surface area contributed by atoms with Gasteiger partial charge in [-0.2, -0.15) is 13.2 Å². The fourth-order valence-corrected chi connectivity index (χ4v) is 4.66. The van der Waals surface area contributed by atoms with E-state index >= 15 is 0 Å². The zero-order valence-electron chi connectivity index (χ0n) is 20.7. The lowest BCUT2D eigenvalue weighted by Crippen LogP contribution is -2.53. The molecule has 0 aromatic heterocycles. The molecule has 0 radical (unpaired) electrons. The highest BCUT2D eigenvalue weighted by Gasteiger charge is 2.43. The highest BCUT2D eigenvalue weighted by atomic mass is 35.5. The van der Waals surface area contributed by atoms with Gasteiger partial charge in [0, 0.05) is 24.5 Å². The summed E-state index contributed by atoms with van der Waals surface area (Å²) in [4.78, 5) is 39.9. The number of aliphatic hydroxyl groups excluding tert-OH is 1. The predicted molar refractivity (Wildman–Crippen MR) is 134 cm³/mol. The van der Waals surface area contributed by atoms with Crippen LogP contribution in [0.2, 0.25) is 5.02 Å². The number of nitrogens with two attached hydrogens (primary N) is 1. The molecular weight excluding hydrogens is 525 g/mol. The third kappa shape index (κ3) is 7.55. The number of rotatable bonds is 10. The minimum Gasteiger partial charge on any atom is -0.464 e. The number of esters is 1. The summed E-state index contributed by atoms with van der Waals surface area (Å²) < 4.78 is 43.8. The van der Waals surface area contributed by atoms with Gasteiger partial charge in [0.25, 0.3) is 0 Å². The van der Waals surface area contributed by atoms with Gasteiger partial charge >= 0.3 is 12.1 Å². The van der Waals surface area contributed by atoms with Crippen molar-refractivity contribution in [1.82, 2.24) is 4.90 Å². The molecule has 1 aliphatic rings. The van der Waals surface area contributed by atoms with Crippen LogP contribution in [0.1, 0.15) is 36.0 Å². The van der Waals surface area contributed by atoms with E-state index in [9.17, 15) is 32.7 Å². The second-order valence-electron chi connectivity index (χ2n) is 9.44. The van der Waals surface area contributed by atoms with Crippen LogP contribution in [0, 0.1) is 5.41 Å². The summed E-state index contributed by atoms with van der Waals surface area (Å²) in [5.74, 6) is -1.24. The van der Waals surface area contributed by atoms with Gasteiger partial charge in [-0.15, -0.1) is 0 Å². The van der Waals surface area contributed by atoms with Crippen LogP contribution in [0.5, 0.6) is 0 Å². The summed E-state index contributed by atoms with van der Waals surface area (Å²) in [6.07, 6.45) is -3.75. The summed E-state index contributed by atoms with van der Waals surface area (Å²) in [6, 6.07) is 10.3. The summed E-state index contributed by atoms with van der Waals surface area (Å²) in [7, 11) is 0. The highest BCUT2D eigenvalue weighted by Crippen LogP contribution is 2.35. The van der Waals surface area contributed by atoms with E-state index in [4.69, 9.17) is 22.1 Å². The standard InChI is InChI=1S/C27H30ClF3N2O5/c28-21-4-2-1-3-19(21)7-10-23(35)26(11-13-33(14-12-26)25(37)22(32)16-34)17-38-24(36)15-18-5-8-20(9-6-18)27(29,30)31/h1-6,8-9,22,34H,7,10-17,32H2/t22-/m0/s1. The molecule has 2 aromatic carbocycles. The van der Waals surface area contributed by atoms with Crippen LogP contribution in [-0.2, 0) is 38.1 Å². The Labute approximate surface area is 223 Å². The minimum absolute atomic E-state index is 0.140. The van der Waals surface area contributed by atoms with E-state index in [-0.39, 0.29) is 51.2 Å². The molecule has 1 saturated heterocycles. The molecule has 0 saturated carbocycles. The summed E-state index contributed by atoms with van der Waals surface area (Å²) >= 11 is 6.22. The SMILES string of the molecule is N[C@@H](CO)C(=O)N1CCC(COC(=O)Cc2ccc(C(F)(F)F)cc2)(C(=O)CCc2ccccc2Cl)CC1. The number of amides is 1. The molecular formula is C27H30ClF3N2O5. The first-order valence-corrected chi connectivity index (χ1v) is 12.6. The Morgan fingerprint density at radius 3 is 2.29 bits per heavy atom. The Hall–Kier alpha value is -2.95. The van der Waals surface area contributed by atoms with E-state index in [0.29, 0.717) is 17.0 Å². The molecule has 3 N–H and O–H groups in total. The van der Waals surface area contributed by atoms with Gasteiger partial charge in [0.1, 0.15) is 18.4 Å². The van der Waals surface area contributed by atoms with Crippen LogP contribution in [0.15, 0.2) is 48.5 Å². The van der Waals surface area contributed by atoms with Gasteiger partial charge in [-0.1, -0.05) is 41.9 Å². The van der Waals surface area contributed by atoms with Crippen LogP contribution < -0.4 is 5.73 Å². The van der Waals surface area contributed by atoms with Crippen molar-refractivity contribution in [3.05, 3.63) is 70.2 Å². The lowest BCUT2D eigenvalue weighted by molar-refractivity contribution is -0.154. The summed E-state index contributed by atoms with van der Waals surface area (Å²) in [6.45, 7) is -0.331. The number of ketones is 1. The van der Waals surface area contributed by atoms with Gasteiger partial charge in [-0.3, -0.25) is 14.4 Å². The van der Waals surface area contributed by atoms with Gasteiger partial charge in [-0.25, -0.2) is 0 Å². The van der Waals surface area contributed by atoms with Crippen molar-refractivity contribution in [3.8, 4) is 0 Å². The second-order valence-corrected chi connectivity index (χ2v) is 9.85. The van der Waals surface area contributed by atoms with Crippen molar-refractivity contribution in [2.75, 3.05) is 26.3 Å². The maximum Gasteiger partial charge on any atom is 0.416 e. The molecule has 1 fully saturated rings. The normalized spacial score (nSPS) is 16.1. The quantitative estimate of drug-likeness (QED) is 0.435. The van der Waals surface area contributed by atoms with Crippen LogP contribution >= 0.6 is 11.6 Å². The number of carbonyl (C=O) groups excluding carboxylic acids is 3. The monoisotopic (exact) mass is 554 g/mol. The van der Waals surface area contributed by atoms with Crippen molar-refractivity contribution in [2.24, 2.45) is 11.1 Å². The number of benzene rings is 2. The molecule has 1 atom stereocenters. The Morgan fingerprint density at radius 1 is 1.08 bits per heavy atom. The van der Waals surface area contributed by atoms with Crippen molar-refractivity contribution < 1.29 is 37.4 Å². The second kappa shape index (κ2) is 12.7. The van der Waals surface area contributed by atoms with Gasteiger partial charge in [-0.05, 0) is 48.6 Å². The topological polar surface area (TPSA) is 110 Å². The van der Waals surface area contributed by atoms with Crippen LogP contribution in [0.4, 0.5) is 13.2 Å². The number of ether oxygens (including phenoxy) is 1. The first-order valence-electron chi connectivity index (χ1n) is 12.2. The maximum absolute atomic E-state index is 13.5. The van der Waals surface area contributed by atoms with Crippen LogP contribution in [-0.4, -0.2) is 60.0 Å². The van der Waals surface area contributed by atoms with E-state index in [1.165, 1.54) is 17.0 Å². The number of alkyl halides is 3. The fraction of sp³-hybridized carbons (Fsp3) is 0.444. The zero-order chi connectivity index (χ0) is 27.9. The largest absolute Gasteiger partial charge is 0.464 e. The highest BCUT2D eigenvalue weighted by molar-refractivity contribution is 6.31. The Bertz CT molecular complexity index is 1130. The zero-order valence-corrected chi connectivity index (χ0v) is 21.4. The smallest absolute Gasteiger partial charge is 0.416 e. The summed E-state index contributed by atoms with van der Waals surface area (Å²) in [5, 5.41) is 9.74. The molecule has 1 heterocycles. The number of Topliss-reactive ketones (excluding diaryl/α,β-unsaturated/α-hetero) is 1. The lowest BCUT2D eigenvalue weighted by atomic mass is 9.73. The number of halogens is 4. The minimum atomic E-state index is -4.48. The molecule has 0 unspecified atom stereocenters. The molecule has 1 aliphatic heterocycles. The number of aliphatic hydroxyl groups is 1. The van der Waals surface area contributed by atoms with Crippen molar-refractivity contribution in [2.45, 2.75) is 44.3 Å². The molecule has 0 spiro atoms. The average Bonchev–Trinajstić information content (AvgIpc) is 2.90. The van der Waals surface area contributed by atoms with E-state index in [1.807, 2.05) is 12.1 Å². The molecule has 7 nitrogen and oxygen atoms in total. The third-order valence-corrected chi connectivity index (χ3v) is 7.22. The molecule has 0 bridgehead atoms. The fourth-order valence-electron chi connectivity index (χ4n) is 4.43. The number of hydrogen-bond acceptors (Lipinski definition) is 6. The Kier molecular flexibility index (Phi) is 9.92. The lowest BCUT2D eigenvalue weighted by Gasteiger charge is -2.41. The number of aryl methyl sites for hydroxylation is 1. The van der Waals surface area contributed by atoms with E-state index in [2.05, 4.69) is 0 Å². The molecule has 3 rings (SSSR count). The van der Waals surface area contributed by atoms with Gasteiger partial charge in [0.2, 0.25) is 5.91 Å². The van der Waals surface area contributed by atoms with Gasteiger partial charge < -0.3 is 20.5 Å². The third-order valence-electron chi connectivity index (χ3n) is 6.86. The molecule has 11 heteroatoms. The van der Waals surface area contributed by atoms with Crippen molar-refractivity contribution >= 4 is 29.3 Å². The predicted octanol–water partition coefficient (Wildman–Crippen LogP) is 3.57. The molecule has 38 heavy (non-hydrogen) atoms. The van der Waals surface area contributed by atoms with E-state index < -0.39 is 41.7 Å². The van der Waals surface area contributed by atoms with Crippen molar-refractivity contribution in [1.29, 1.82) is 0 Å². The van der Waals surface area contributed by atoms with E-state index in [1.54, 1.807) is 12.1 Å². The number of nitrogens with zero attached hydrogens (tertiary/aromatic N) is 1. The van der Waals surface area contributed by atoms with Gasteiger partial charge in [0.05, 0.1) is 24.0 Å². The first kappa shape index (κ1) is 29.6.